The topological polar surface area (TPSA) is 87.3 Å². The van der Waals surface area contributed by atoms with Gasteiger partial charge in [-0.2, -0.15) is 0 Å². The minimum Gasteiger partial charge on any atom is -0.352 e. The van der Waals surface area contributed by atoms with Crippen LogP contribution in [0.2, 0.25) is 0 Å². The van der Waals surface area contributed by atoms with E-state index in [9.17, 15) is 13.2 Å². The van der Waals surface area contributed by atoms with Gasteiger partial charge in [0, 0.05) is 17.8 Å². The molecular weight excluding hydrogens is 398 g/mol. The van der Waals surface area contributed by atoms with Crippen molar-refractivity contribution in [2.75, 3.05) is 24.4 Å². The Morgan fingerprint density at radius 1 is 1.11 bits per heavy atom. The van der Waals surface area contributed by atoms with Gasteiger partial charge >= 0.3 is 0 Å². The molecule has 0 bridgehead atoms. The summed E-state index contributed by atoms with van der Waals surface area (Å²) in [6, 6.07) is 13.1. The fourth-order valence-corrected chi connectivity index (χ4v) is 4.13. The first-order chi connectivity index (χ1) is 12.9. The fourth-order valence-electron chi connectivity index (χ4n) is 3.07. The second-order valence-electron chi connectivity index (χ2n) is 6.90. The number of amides is 1. The SMILES string of the molecule is Cc1ccc(NS(=O)(=O)c2ccc(C(=O)NCCC3CCNC3)cc2)cc1.Cl. The lowest BCUT2D eigenvalue weighted by Gasteiger charge is -2.11. The van der Waals surface area contributed by atoms with Gasteiger partial charge in [0.05, 0.1) is 4.90 Å². The maximum absolute atomic E-state index is 12.5. The normalized spacial score (nSPS) is 16.2. The van der Waals surface area contributed by atoms with E-state index in [2.05, 4.69) is 15.4 Å². The number of halogens is 1. The van der Waals surface area contributed by atoms with Crippen LogP contribution < -0.4 is 15.4 Å². The van der Waals surface area contributed by atoms with Crippen molar-refractivity contribution in [3.8, 4) is 0 Å². The van der Waals surface area contributed by atoms with Gasteiger partial charge in [0.25, 0.3) is 15.9 Å². The molecule has 6 nitrogen and oxygen atoms in total. The average Bonchev–Trinajstić information content (AvgIpc) is 3.17. The summed E-state index contributed by atoms with van der Waals surface area (Å²) in [6.07, 6.45) is 2.10. The number of sulfonamides is 1. The summed E-state index contributed by atoms with van der Waals surface area (Å²) in [5.41, 5.74) is 2.01. The minimum atomic E-state index is -3.69. The van der Waals surface area contributed by atoms with E-state index in [-0.39, 0.29) is 23.2 Å². The minimum absolute atomic E-state index is 0. The van der Waals surface area contributed by atoms with Crippen molar-refractivity contribution in [1.82, 2.24) is 10.6 Å². The molecule has 1 atom stereocenters. The lowest BCUT2D eigenvalue weighted by molar-refractivity contribution is 0.0951. The molecule has 0 radical (unpaired) electrons. The Balaban J connectivity index is 0.00000280. The van der Waals surface area contributed by atoms with Crippen LogP contribution in [0.15, 0.2) is 53.4 Å². The van der Waals surface area contributed by atoms with Crippen LogP contribution >= 0.6 is 12.4 Å². The molecule has 0 saturated carbocycles. The molecule has 3 N–H and O–H groups in total. The number of nitrogens with one attached hydrogen (secondary N) is 3. The van der Waals surface area contributed by atoms with Crippen LogP contribution in [0.3, 0.4) is 0 Å². The van der Waals surface area contributed by atoms with Gasteiger partial charge in [-0.05, 0) is 75.2 Å². The molecule has 1 amide bonds. The van der Waals surface area contributed by atoms with Gasteiger partial charge in [0.15, 0.2) is 0 Å². The van der Waals surface area contributed by atoms with Crippen LogP contribution in [0.5, 0.6) is 0 Å². The number of benzene rings is 2. The molecule has 3 rings (SSSR count). The zero-order chi connectivity index (χ0) is 19.3. The third-order valence-electron chi connectivity index (χ3n) is 4.73. The molecule has 1 saturated heterocycles. The molecule has 2 aromatic rings. The number of hydrogen-bond acceptors (Lipinski definition) is 4. The number of carbonyl (C=O) groups excluding carboxylic acids is 1. The Kier molecular flexibility index (Phi) is 7.86. The summed E-state index contributed by atoms with van der Waals surface area (Å²) >= 11 is 0. The predicted molar refractivity (Wildman–Crippen MR) is 114 cm³/mol. The van der Waals surface area contributed by atoms with E-state index in [1.807, 2.05) is 19.1 Å². The number of aryl methyl sites for hydroxylation is 1. The molecule has 2 aromatic carbocycles. The Bertz CT molecular complexity index is 878. The van der Waals surface area contributed by atoms with Gasteiger partial charge in [0.2, 0.25) is 0 Å². The molecule has 1 fully saturated rings. The van der Waals surface area contributed by atoms with Crippen molar-refractivity contribution in [2.24, 2.45) is 5.92 Å². The van der Waals surface area contributed by atoms with E-state index in [1.54, 1.807) is 12.1 Å². The van der Waals surface area contributed by atoms with Crippen LogP contribution in [-0.4, -0.2) is 34.0 Å². The summed E-state index contributed by atoms with van der Waals surface area (Å²) in [6.45, 7) is 4.62. The van der Waals surface area contributed by atoms with Gasteiger partial charge < -0.3 is 10.6 Å². The Hall–Kier alpha value is -2.09. The van der Waals surface area contributed by atoms with E-state index in [0.717, 1.165) is 31.5 Å². The molecule has 1 unspecified atom stereocenters. The van der Waals surface area contributed by atoms with E-state index < -0.39 is 10.0 Å². The van der Waals surface area contributed by atoms with Gasteiger partial charge in [0.1, 0.15) is 0 Å². The van der Waals surface area contributed by atoms with Crippen LogP contribution in [0.25, 0.3) is 0 Å². The molecule has 1 aliphatic heterocycles. The van der Waals surface area contributed by atoms with Crippen molar-refractivity contribution >= 4 is 34.0 Å². The third kappa shape index (κ3) is 5.95. The number of hydrogen-bond donors (Lipinski definition) is 3. The number of rotatable bonds is 7. The van der Waals surface area contributed by atoms with Gasteiger partial charge in [-0.15, -0.1) is 12.4 Å². The third-order valence-corrected chi connectivity index (χ3v) is 6.13. The van der Waals surface area contributed by atoms with Crippen LogP contribution in [0, 0.1) is 12.8 Å². The van der Waals surface area contributed by atoms with Crippen LogP contribution in [0.1, 0.15) is 28.8 Å². The lowest BCUT2D eigenvalue weighted by atomic mass is 10.1. The average molecular weight is 424 g/mol. The quantitative estimate of drug-likeness (QED) is 0.639. The summed E-state index contributed by atoms with van der Waals surface area (Å²) in [7, 11) is -3.69. The summed E-state index contributed by atoms with van der Waals surface area (Å²) in [5.74, 6) is 0.432. The zero-order valence-corrected chi connectivity index (χ0v) is 17.4. The second kappa shape index (κ2) is 9.91. The highest BCUT2D eigenvalue weighted by Crippen LogP contribution is 2.17. The molecule has 1 aliphatic rings. The Morgan fingerprint density at radius 2 is 1.79 bits per heavy atom. The van der Waals surface area contributed by atoms with Crippen molar-refractivity contribution in [2.45, 2.75) is 24.7 Å². The van der Waals surface area contributed by atoms with Crippen molar-refractivity contribution in [1.29, 1.82) is 0 Å². The highest BCUT2D eigenvalue weighted by atomic mass is 35.5. The number of carbonyl (C=O) groups is 1. The van der Waals surface area contributed by atoms with E-state index >= 15 is 0 Å². The largest absolute Gasteiger partial charge is 0.352 e. The van der Waals surface area contributed by atoms with Gasteiger partial charge in [-0.1, -0.05) is 17.7 Å². The number of anilines is 1. The van der Waals surface area contributed by atoms with Gasteiger partial charge in [-0.3, -0.25) is 9.52 Å². The first-order valence-corrected chi connectivity index (χ1v) is 10.6. The summed E-state index contributed by atoms with van der Waals surface area (Å²) in [4.78, 5) is 12.3. The van der Waals surface area contributed by atoms with Gasteiger partial charge in [-0.25, -0.2) is 8.42 Å². The van der Waals surface area contributed by atoms with Crippen molar-refractivity contribution in [3.05, 3.63) is 59.7 Å². The van der Waals surface area contributed by atoms with Crippen molar-refractivity contribution < 1.29 is 13.2 Å². The Morgan fingerprint density at radius 3 is 2.39 bits per heavy atom. The standard InChI is InChI=1S/C20H25N3O3S.ClH/c1-15-2-6-18(7-3-15)23-27(25,26)19-8-4-17(5-9-19)20(24)22-13-11-16-10-12-21-14-16;/h2-9,16,21,23H,10-14H2,1H3,(H,22,24);1H. The van der Waals surface area contributed by atoms with E-state index in [0.29, 0.717) is 23.7 Å². The lowest BCUT2D eigenvalue weighted by Crippen LogP contribution is -2.26. The fraction of sp³-hybridized carbons (Fsp3) is 0.350. The first kappa shape index (κ1) is 22.2. The summed E-state index contributed by atoms with van der Waals surface area (Å²) in [5, 5.41) is 6.20. The summed E-state index contributed by atoms with van der Waals surface area (Å²) < 4.78 is 27.5. The molecule has 152 valence electrons. The molecule has 8 heteroatoms. The predicted octanol–water partition coefficient (Wildman–Crippen LogP) is 2.95. The highest BCUT2D eigenvalue weighted by molar-refractivity contribution is 7.92. The van der Waals surface area contributed by atoms with Crippen LogP contribution in [0.4, 0.5) is 5.69 Å². The monoisotopic (exact) mass is 423 g/mol. The smallest absolute Gasteiger partial charge is 0.261 e. The highest BCUT2D eigenvalue weighted by Gasteiger charge is 2.16. The maximum Gasteiger partial charge on any atom is 0.261 e. The molecule has 0 aromatic heterocycles. The van der Waals surface area contributed by atoms with Crippen molar-refractivity contribution in [3.63, 3.8) is 0 Å². The second-order valence-corrected chi connectivity index (χ2v) is 8.58. The molecule has 0 spiro atoms. The maximum atomic E-state index is 12.5. The van der Waals surface area contributed by atoms with Crippen LogP contribution in [-0.2, 0) is 10.0 Å². The molecule has 0 aliphatic carbocycles. The van der Waals surface area contributed by atoms with E-state index in [1.165, 1.54) is 24.3 Å². The first-order valence-electron chi connectivity index (χ1n) is 9.12. The molecule has 28 heavy (non-hydrogen) atoms. The molecular formula is C20H26ClN3O3S. The van der Waals surface area contributed by atoms with E-state index in [4.69, 9.17) is 0 Å². The molecule has 1 heterocycles. The Labute approximate surface area is 172 Å². The zero-order valence-electron chi connectivity index (χ0n) is 15.8.